The highest BCUT2D eigenvalue weighted by molar-refractivity contribution is 6.32. The summed E-state index contributed by atoms with van der Waals surface area (Å²) in [4.78, 5) is 14.3. The molecule has 0 N–H and O–H groups in total. The van der Waals surface area contributed by atoms with Crippen molar-refractivity contribution in [2.75, 3.05) is 13.6 Å². The van der Waals surface area contributed by atoms with E-state index in [1.807, 2.05) is 42.5 Å². The molecule has 0 saturated heterocycles. The highest BCUT2D eigenvalue weighted by Gasteiger charge is 2.22. The van der Waals surface area contributed by atoms with Crippen molar-refractivity contribution in [2.45, 2.75) is 19.6 Å². The lowest BCUT2D eigenvalue weighted by Gasteiger charge is -2.12. The number of nitrogens with zero attached hydrogens (tertiary/aromatic N) is 1. The molecule has 6 heteroatoms. The smallest absolute Gasteiger partial charge is 0.331 e. The van der Waals surface area contributed by atoms with Gasteiger partial charge in [0.2, 0.25) is 0 Å². The molecule has 0 fully saturated rings. The second-order valence-corrected chi connectivity index (χ2v) is 7.17. The third kappa shape index (κ3) is 4.25. The lowest BCUT2D eigenvalue weighted by Crippen LogP contribution is -2.18. The maximum atomic E-state index is 12.1. The molecule has 0 bridgehead atoms. The molecule has 1 aliphatic rings. The average molecular weight is 418 g/mol. The first-order chi connectivity index (χ1) is 13.1. The SMILES string of the molecule is CN1CCc2c(Cl)ccc3oc(/C=C/C(=O)OCc4ccccc4)c(c23)C1.Cl. The van der Waals surface area contributed by atoms with Gasteiger partial charge in [-0.3, -0.25) is 0 Å². The van der Waals surface area contributed by atoms with Gasteiger partial charge in [0.05, 0.1) is 0 Å². The van der Waals surface area contributed by atoms with Crippen molar-refractivity contribution in [3.05, 3.63) is 76.0 Å². The van der Waals surface area contributed by atoms with Crippen LogP contribution in [0, 0.1) is 0 Å². The minimum Gasteiger partial charge on any atom is -0.458 e. The molecule has 1 aromatic heterocycles. The molecule has 1 aliphatic heterocycles. The number of ether oxygens (including phenoxy) is 1. The molecule has 0 aliphatic carbocycles. The average Bonchev–Trinajstić information content (AvgIpc) is 2.91. The van der Waals surface area contributed by atoms with Crippen molar-refractivity contribution in [1.29, 1.82) is 0 Å². The van der Waals surface area contributed by atoms with Gasteiger partial charge in [-0.2, -0.15) is 0 Å². The van der Waals surface area contributed by atoms with E-state index >= 15 is 0 Å². The van der Waals surface area contributed by atoms with E-state index in [0.717, 1.165) is 52.2 Å². The van der Waals surface area contributed by atoms with Crippen LogP contribution in [0.1, 0.15) is 22.5 Å². The maximum Gasteiger partial charge on any atom is 0.331 e. The van der Waals surface area contributed by atoms with Gasteiger partial charge in [0, 0.05) is 35.1 Å². The molecule has 0 spiro atoms. The molecule has 0 saturated carbocycles. The second kappa shape index (κ2) is 8.82. The number of carbonyl (C=O) groups excluding carboxylic acids is 1. The fourth-order valence-electron chi connectivity index (χ4n) is 3.43. The van der Waals surface area contributed by atoms with Crippen LogP contribution < -0.4 is 0 Å². The second-order valence-electron chi connectivity index (χ2n) is 6.76. The molecule has 0 atom stereocenters. The van der Waals surface area contributed by atoms with Gasteiger partial charge < -0.3 is 14.1 Å². The van der Waals surface area contributed by atoms with Crippen LogP contribution in [0.25, 0.3) is 17.0 Å². The standard InChI is InChI=1S/C22H20ClNO3.ClH/c1-24-12-11-16-18(23)7-8-20-22(16)17(13-24)19(27-20)9-10-21(25)26-14-15-5-3-2-4-6-15;/h2-10H,11-14H2,1H3;1H/b10-9+;. The van der Waals surface area contributed by atoms with Gasteiger partial charge in [0.1, 0.15) is 18.0 Å². The molecular formula is C22H21Cl2NO3. The van der Waals surface area contributed by atoms with E-state index < -0.39 is 5.97 Å². The summed E-state index contributed by atoms with van der Waals surface area (Å²) >= 11 is 6.41. The normalized spacial score (nSPS) is 14.1. The van der Waals surface area contributed by atoms with E-state index in [0.29, 0.717) is 5.76 Å². The third-order valence-corrected chi connectivity index (χ3v) is 5.16. The summed E-state index contributed by atoms with van der Waals surface area (Å²) < 4.78 is 11.3. The Morgan fingerprint density at radius 1 is 1.21 bits per heavy atom. The van der Waals surface area contributed by atoms with Crippen LogP contribution in [-0.4, -0.2) is 24.5 Å². The van der Waals surface area contributed by atoms with Crippen LogP contribution in [0.3, 0.4) is 0 Å². The molecule has 4 nitrogen and oxygen atoms in total. The molecule has 146 valence electrons. The predicted octanol–water partition coefficient (Wildman–Crippen LogP) is 5.25. The molecule has 28 heavy (non-hydrogen) atoms. The Bertz CT molecular complexity index is 1010. The number of furan rings is 1. The van der Waals surface area contributed by atoms with Crippen LogP contribution in [0.15, 0.2) is 53.0 Å². The number of esters is 1. The van der Waals surface area contributed by atoms with E-state index in [1.165, 1.54) is 6.08 Å². The van der Waals surface area contributed by atoms with Crippen LogP contribution in [0.2, 0.25) is 5.02 Å². The molecule has 0 radical (unpaired) electrons. The molecular weight excluding hydrogens is 397 g/mol. The molecule has 2 heterocycles. The van der Waals surface area contributed by atoms with Gasteiger partial charge in [-0.25, -0.2) is 4.79 Å². The van der Waals surface area contributed by atoms with Crippen LogP contribution in [-0.2, 0) is 29.1 Å². The first-order valence-corrected chi connectivity index (χ1v) is 9.29. The van der Waals surface area contributed by atoms with E-state index in [-0.39, 0.29) is 19.0 Å². The summed E-state index contributed by atoms with van der Waals surface area (Å²) in [6.07, 6.45) is 3.99. The Hall–Kier alpha value is -2.27. The van der Waals surface area contributed by atoms with Gasteiger partial charge in [0.25, 0.3) is 0 Å². The van der Waals surface area contributed by atoms with Crippen molar-refractivity contribution in [1.82, 2.24) is 4.90 Å². The first kappa shape index (κ1) is 20.5. The monoisotopic (exact) mass is 417 g/mol. The Labute approximate surface area is 175 Å². The van der Waals surface area contributed by atoms with E-state index in [9.17, 15) is 4.79 Å². The number of hydrogen-bond acceptors (Lipinski definition) is 4. The van der Waals surface area contributed by atoms with Crippen molar-refractivity contribution >= 4 is 47.0 Å². The van der Waals surface area contributed by atoms with Gasteiger partial charge >= 0.3 is 5.97 Å². The molecule has 2 aromatic carbocycles. The summed E-state index contributed by atoms with van der Waals surface area (Å²) in [6.45, 7) is 1.92. The van der Waals surface area contributed by atoms with E-state index in [2.05, 4.69) is 11.9 Å². The minimum atomic E-state index is -0.397. The Balaban J connectivity index is 0.00000225. The summed E-state index contributed by atoms with van der Waals surface area (Å²) in [5.74, 6) is 0.283. The highest BCUT2D eigenvalue weighted by atomic mass is 35.5. The molecule has 0 amide bonds. The number of benzene rings is 2. The van der Waals surface area contributed by atoms with E-state index in [4.69, 9.17) is 20.8 Å². The summed E-state index contributed by atoms with van der Waals surface area (Å²) in [7, 11) is 2.07. The summed E-state index contributed by atoms with van der Waals surface area (Å²) in [5.41, 5.74) is 3.94. The maximum absolute atomic E-state index is 12.1. The first-order valence-electron chi connectivity index (χ1n) is 8.92. The van der Waals surface area contributed by atoms with Crippen LogP contribution in [0.5, 0.6) is 0 Å². The number of likely N-dealkylation sites (N-methyl/N-ethyl adjacent to an activating group) is 1. The Morgan fingerprint density at radius 2 is 2.00 bits per heavy atom. The van der Waals surface area contributed by atoms with Crippen molar-refractivity contribution in [3.8, 4) is 0 Å². The number of halogens is 2. The fraction of sp³-hybridized carbons (Fsp3) is 0.227. The summed E-state index contributed by atoms with van der Waals surface area (Å²) in [6, 6.07) is 13.4. The number of rotatable bonds is 4. The zero-order chi connectivity index (χ0) is 18.8. The van der Waals surface area contributed by atoms with Gasteiger partial charge in [-0.15, -0.1) is 12.4 Å². The van der Waals surface area contributed by atoms with Gasteiger partial charge in [0.15, 0.2) is 0 Å². The number of hydrogen-bond donors (Lipinski definition) is 0. The van der Waals surface area contributed by atoms with Crippen molar-refractivity contribution in [3.63, 3.8) is 0 Å². The van der Waals surface area contributed by atoms with Crippen LogP contribution >= 0.6 is 24.0 Å². The van der Waals surface area contributed by atoms with Crippen molar-refractivity contribution < 1.29 is 13.9 Å². The fourth-order valence-corrected chi connectivity index (χ4v) is 3.68. The number of carbonyl (C=O) groups is 1. The zero-order valence-electron chi connectivity index (χ0n) is 15.5. The lowest BCUT2D eigenvalue weighted by atomic mass is 10.0. The Morgan fingerprint density at radius 3 is 2.79 bits per heavy atom. The lowest BCUT2D eigenvalue weighted by molar-refractivity contribution is -0.138. The van der Waals surface area contributed by atoms with E-state index in [1.54, 1.807) is 6.08 Å². The quantitative estimate of drug-likeness (QED) is 0.429. The minimum absolute atomic E-state index is 0. The largest absolute Gasteiger partial charge is 0.458 e. The molecule has 0 unspecified atom stereocenters. The Kier molecular flexibility index (Phi) is 6.45. The molecule has 4 rings (SSSR count). The zero-order valence-corrected chi connectivity index (χ0v) is 17.1. The summed E-state index contributed by atoms with van der Waals surface area (Å²) in [5, 5.41) is 1.84. The predicted molar refractivity (Wildman–Crippen MR) is 114 cm³/mol. The highest BCUT2D eigenvalue weighted by Crippen LogP contribution is 2.36. The third-order valence-electron chi connectivity index (χ3n) is 4.80. The van der Waals surface area contributed by atoms with Gasteiger partial charge in [-0.1, -0.05) is 41.9 Å². The van der Waals surface area contributed by atoms with Crippen molar-refractivity contribution in [2.24, 2.45) is 0 Å². The topological polar surface area (TPSA) is 42.7 Å². The van der Waals surface area contributed by atoms with Gasteiger partial charge in [-0.05, 0) is 42.8 Å². The molecule has 3 aromatic rings. The van der Waals surface area contributed by atoms with Crippen LogP contribution in [0.4, 0.5) is 0 Å².